The molecule has 0 spiro atoms. The van der Waals surface area contributed by atoms with Gasteiger partial charge in [-0.15, -0.1) is 0 Å². The van der Waals surface area contributed by atoms with Gasteiger partial charge in [-0.05, 0) is 52.9 Å². The van der Waals surface area contributed by atoms with Crippen molar-refractivity contribution >= 4 is 22.7 Å². The number of carbonyl (C=O) groups excluding carboxylic acids is 2. The van der Waals surface area contributed by atoms with Crippen LogP contribution in [0.2, 0.25) is 0 Å². The molecule has 7 nitrogen and oxygen atoms in total. The molecule has 2 amide bonds. The van der Waals surface area contributed by atoms with Gasteiger partial charge in [0.2, 0.25) is 5.91 Å². The molecule has 2 aliphatic rings. The Morgan fingerprint density at radius 3 is 1.65 bits per heavy atom. The van der Waals surface area contributed by atoms with Crippen LogP contribution in [0.5, 0.6) is 0 Å². The number of halogens is 6. The predicted octanol–water partition coefficient (Wildman–Crippen LogP) is 8.71. The van der Waals surface area contributed by atoms with Crippen LogP contribution >= 0.6 is 0 Å². The number of hydrogen-bond acceptors (Lipinski definition) is 4. The summed E-state index contributed by atoms with van der Waals surface area (Å²) in [7, 11) is 0. The van der Waals surface area contributed by atoms with Gasteiger partial charge in [-0.2, -0.15) is 26.3 Å². The highest BCUT2D eigenvalue weighted by atomic mass is 19.4. The lowest BCUT2D eigenvalue weighted by Gasteiger charge is -2.49. The molecule has 2 aliphatic heterocycles. The van der Waals surface area contributed by atoms with Gasteiger partial charge < -0.3 is 14.8 Å². The first-order valence-corrected chi connectivity index (χ1v) is 19.9. The van der Waals surface area contributed by atoms with Crippen molar-refractivity contribution in [3.63, 3.8) is 0 Å². The van der Waals surface area contributed by atoms with Crippen LogP contribution in [0.1, 0.15) is 43.7 Å². The van der Waals surface area contributed by atoms with Gasteiger partial charge in [0, 0.05) is 74.5 Å². The average Bonchev–Trinajstić information content (AvgIpc) is 3.67. The summed E-state index contributed by atoms with van der Waals surface area (Å²) >= 11 is 0. The van der Waals surface area contributed by atoms with Crippen LogP contribution < -0.4 is 0 Å². The third-order valence-corrected chi connectivity index (χ3v) is 11.8. The van der Waals surface area contributed by atoms with Crippen LogP contribution in [0.25, 0.3) is 10.9 Å². The molecule has 2 fully saturated rings. The van der Waals surface area contributed by atoms with Crippen LogP contribution in [-0.2, 0) is 29.1 Å². The molecule has 60 heavy (non-hydrogen) atoms. The molecule has 8 rings (SSSR count). The number of alkyl halides is 6. The standard InChI is InChI=1S/C47H43F6N5O2/c48-46(49,50)38-26-33(27-39(29-38)47(51,52)53)44(60)58-25-20-55(31-40(58)28-34-30-54-42-19-11-10-18-41(34)42)32-43(59)56-21-23-57(24-22-56)45(35-12-4-1-5-13-35,36-14-6-2-7-15-36)37-16-8-3-9-17-37/h1-19,26-27,29-30,40,54H,20-25,28,31-32H2/t40-/m1/s1. The number of nitrogens with one attached hydrogen (secondary N) is 1. The Kier molecular flexibility index (Phi) is 11.3. The predicted molar refractivity (Wildman–Crippen MR) is 217 cm³/mol. The van der Waals surface area contributed by atoms with Crippen LogP contribution in [0.3, 0.4) is 0 Å². The second-order valence-electron chi connectivity index (χ2n) is 15.4. The fourth-order valence-corrected chi connectivity index (χ4v) is 8.97. The molecule has 5 aromatic carbocycles. The third-order valence-electron chi connectivity index (χ3n) is 11.8. The monoisotopic (exact) mass is 823 g/mol. The molecular formula is C47H43F6N5O2. The summed E-state index contributed by atoms with van der Waals surface area (Å²) in [5.74, 6) is -1.03. The number of carbonyl (C=O) groups is 2. The van der Waals surface area contributed by atoms with Crippen LogP contribution in [-0.4, -0.2) is 94.8 Å². The van der Waals surface area contributed by atoms with E-state index in [-0.39, 0.29) is 44.6 Å². The maximum Gasteiger partial charge on any atom is 0.416 e. The Morgan fingerprint density at radius 1 is 0.600 bits per heavy atom. The summed E-state index contributed by atoms with van der Waals surface area (Å²) in [5.41, 5.74) is 0.575. The van der Waals surface area contributed by atoms with Gasteiger partial charge in [-0.3, -0.25) is 19.4 Å². The number of para-hydroxylation sites is 1. The minimum Gasteiger partial charge on any atom is -0.361 e. The fraction of sp³-hybridized carbons (Fsp3) is 0.277. The van der Waals surface area contributed by atoms with Crippen molar-refractivity contribution in [2.75, 3.05) is 52.4 Å². The summed E-state index contributed by atoms with van der Waals surface area (Å²) in [6, 6.07) is 38.9. The summed E-state index contributed by atoms with van der Waals surface area (Å²) in [5, 5.41) is 0.881. The zero-order valence-corrected chi connectivity index (χ0v) is 32.6. The molecule has 3 heterocycles. The quantitative estimate of drug-likeness (QED) is 0.117. The van der Waals surface area contributed by atoms with Crippen molar-refractivity contribution in [1.29, 1.82) is 0 Å². The second-order valence-corrected chi connectivity index (χ2v) is 15.4. The smallest absolute Gasteiger partial charge is 0.361 e. The van der Waals surface area contributed by atoms with E-state index in [1.807, 2.05) is 88.7 Å². The van der Waals surface area contributed by atoms with Crippen molar-refractivity contribution in [3.05, 3.63) is 179 Å². The summed E-state index contributed by atoms with van der Waals surface area (Å²) in [6.07, 6.45) is -8.15. The van der Waals surface area contributed by atoms with Crippen molar-refractivity contribution in [2.24, 2.45) is 0 Å². The highest BCUT2D eigenvalue weighted by molar-refractivity contribution is 5.95. The molecule has 6 aromatic rings. The lowest BCUT2D eigenvalue weighted by molar-refractivity contribution is -0.143. The van der Waals surface area contributed by atoms with Crippen LogP contribution in [0.15, 0.2) is 140 Å². The molecule has 0 unspecified atom stereocenters. The van der Waals surface area contributed by atoms with E-state index in [1.165, 1.54) is 4.90 Å². The van der Waals surface area contributed by atoms with E-state index in [1.54, 1.807) is 6.20 Å². The largest absolute Gasteiger partial charge is 0.416 e. The van der Waals surface area contributed by atoms with Crippen molar-refractivity contribution in [3.8, 4) is 0 Å². The Morgan fingerprint density at radius 2 is 1.12 bits per heavy atom. The summed E-state index contributed by atoms with van der Waals surface area (Å²) in [6.45, 7) is 2.49. The molecule has 1 N–H and O–H groups in total. The highest BCUT2D eigenvalue weighted by Crippen LogP contribution is 2.43. The SMILES string of the molecule is O=C(CN1CCN(C(=O)c2cc(C(F)(F)F)cc(C(F)(F)F)c2)[C@H](Cc2c[nH]c3ccccc23)C1)N1CCN(C(c2ccccc2)(c2ccccc2)c2ccccc2)CC1. The Balaban J connectivity index is 1.03. The Bertz CT molecular complexity index is 2300. The Hall–Kier alpha value is -5.92. The topological polar surface area (TPSA) is 62.9 Å². The molecule has 0 bridgehead atoms. The van der Waals surface area contributed by atoms with E-state index < -0.39 is 46.5 Å². The Labute approximate surface area is 343 Å². The molecule has 1 aromatic heterocycles. The molecule has 0 aliphatic carbocycles. The number of fused-ring (bicyclic) bond motifs is 1. The molecule has 310 valence electrons. The number of piperazine rings is 2. The van der Waals surface area contributed by atoms with Gasteiger partial charge in [0.15, 0.2) is 0 Å². The van der Waals surface area contributed by atoms with E-state index >= 15 is 0 Å². The zero-order chi connectivity index (χ0) is 42.1. The number of H-pyrrole nitrogens is 1. The highest BCUT2D eigenvalue weighted by Gasteiger charge is 2.44. The molecule has 13 heteroatoms. The van der Waals surface area contributed by atoms with Crippen molar-refractivity contribution in [1.82, 2.24) is 24.6 Å². The fourth-order valence-electron chi connectivity index (χ4n) is 8.97. The maximum absolute atomic E-state index is 14.1. The number of amides is 2. The second kappa shape index (κ2) is 16.6. The van der Waals surface area contributed by atoms with Gasteiger partial charge in [0.1, 0.15) is 0 Å². The van der Waals surface area contributed by atoms with E-state index in [4.69, 9.17) is 0 Å². The maximum atomic E-state index is 14.1. The first-order chi connectivity index (χ1) is 28.8. The number of aromatic nitrogens is 1. The van der Waals surface area contributed by atoms with Gasteiger partial charge in [0.25, 0.3) is 5.91 Å². The number of benzene rings is 5. The van der Waals surface area contributed by atoms with Gasteiger partial charge in [-0.25, -0.2) is 0 Å². The van der Waals surface area contributed by atoms with E-state index in [0.717, 1.165) is 33.2 Å². The number of rotatable bonds is 9. The van der Waals surface area contributed by atoms with Crippen molar-refractivity contribution in [2.45, 2.75) is 30.4 Å². The molecule has 2 saturated heterocycles. The molecule has 0 radical (unpaired) electrons. The molecule has 1 atom stereocenters. The van der Waals surface area contributed by atoms with E-state index in [9.17, 15) is 35.9 Å². The molecular weight excluding hydrogens is 781 g/mol. The zero-order valence-electron chi connectivity index (χ0n) is 32.6. The van der Waals surface area contributed by atoms with Gasteiger partial charge in [0.05, 0.1) is 23.2 Å². The van der Waals surface area contributed by atoms with Crippen LogP contribution in [0.4, 0.5) is 26.3 Å². The average molecular weight is 824 g/mol. The first-order valence-electron chi connectivity index (χ1n) is 19.9. The first kappa shape index (κ1) is 40.8. The minimum absolute atomic E-state index is 0.00173. The third kappa shape index (κ3) is 8.16. The van der Waals surface area contributed by atoms with Crippen LogP contribution in [0, 0.1) is 0 Å². The lowest BCUT2D eigenvalue weighted by atomic mass is 9.75. The number of hydrogen-bond donors (Lipinski definition) is 1. The van der Waals surface area contributed by atoms with Crippen molar-refractivity contribution < 1.29 is 35.9 Å². The van der Waals surface area contributed by atoms with E-state index in [0.29, 0.717) is 38.3 Å². The summed E-state index contributed by atoms with van der Waals surface area (Å²) in [4.78, 5) is 38.9. The van der Waals surface area contributed by atoms with Gasteiger partial charge >= 0.3 is 12.4 Å². The minimum atomic E-state index is -5.10. The van der Waals surface area contributed by atoms with E-state index in [2.05, 4.69) is 46.3 Å². The number of aromatic amines is 1. The summed E-state index contributed by atoms with van der Waals surface area (Å²) < 4.78 is 82.9. The normalized spacial score (nSPS) is 17.3. The lowest BCUT2D eigenvalue weighted by Crippen LogP contribution is -2.60. The van der Waals surface area contributed by atoms with Gasteiger partial charge in [-0.1, -0.05) is 109 Å². The molecule has 0 saturated carbocycles. The number of nitrogens with zero attached hydrogens (tertiary/aromatic N) is 4.